The molecule has 31 heavy (non-hydrogen) atoms. The number of hydrogen-bond donors (Lipinski definition) is 0. The largest absolute Gasteiger partial charge is 0.299 e. The first-order valence-electron chi connectivity index (χ1n) is 10.6. The lowest BCUT2D eigenvalue weighted by Gasteiger charge is -2.52. The van der Waals surface area contributed by atoms with Gasteiger partial charge < -0.3 is 0 Å². The number of Topliss-reactive ketones (excluding diaryl/α,β-unsaturated/α-hetero) is 1. The summed E-state index contributed by atoms with van der Waals surface area (Å²) in [6, 6.07) is 23.1. The number of anilines is 1. The summed E-state index contributed by atoms with van der Waals surface area (Å²) in [4.78, 5) is 42.7. The van der Waals surface area contributed by atoms with Crippen LogP contribution in [0.1, 0.15) is 40.7 Å². The van der Waals surface area contributed by atoms with Crippen molar-refractivity contribution >= 4 is 23.3 Å². The molecule has 2 atom stereocenters. The van der Waals surface area contributed by atoms with E-state index in [1.54, 1.807) is 6.92 Å². The smallest absolute Gasteiger partial charge is 0.239 e. The molecule has 0 saturated carbocycles. The summed E-state index contributed by atoms with van der Waals surface area (Å²) in [7, 11) is 0. The Morgan fingerprint density at radius 1 is 0.806 bits per heavy atom. The monoisotopic (exact) mass is 407 g/mol. The number of rotatable bonds is 2. The SMILES string of the molecule is CC(=O)C12c3ccccc3C(c3ccccc31)[C@H]1C(=O)N(c3ccccc3C)C(=O)[C@@H]12. The van der Waals surface area contributed by atoms with Gasteiger partial charge in [0.25, 0.3) is 0 Å². The Labute approximate surface area is 180 Å². The van der Waals surface area contributed by atoms with Crippen LogP contribution in [0.2, 0.25) is 0 Å². The summed E-state index contributed by atoms with van der Waals surface area (Å²) >= 11 is 0. The van der Waals surface area contributed by atoms with Crippen molar-refractivity contribution in [3.8, 4) is 0 Å². The number of nitrogens with zero attached hydrogens (tertiary/aromatic N) is 1. The average Bonchev–Trinajstić information content (AvgIpc) is 3.05. The van der Waals surface area contributed by atoms with Crippen molar-refractivity contribution in [1.82, 2.24) is 0 Å². The molecule has 1 fully saturated rings. The summed E-state index contributed by atoms with van der Waals surface area (Å²) < 4.78 is 0. The summed E-state index contributed by atoms with van der Waals surface area (Å²) in [6.07, 6.45) is 0. The van der Waals surface area contributed by atoms with Gasteiger partial charge >= 0.3 is 0 Å². The topological polar surface area (TPSA) is 54.5 Å². The Morgan fingerprint density at radius 2 is 1.35 bits per heavy atom. The first-order valence-corrected chi connectivity index (χ1v) is 10.6. The highest BCUT2D eigenvalue weighted by Gasteiger charge is 2.70. The zero-order valence-corrected chi connectivity index (χ0v) is 17.3. The van der Waals surface area contributed by atoms with Gasteiger partial charge in [0.1, 0.15) is 5.78 Å². The van der Waals surface area contributed by atoms with Crippen LogP contribution in [0, 0.1) is 18.8 Å². The van der Waals surface area contributed by atoms with Gasteiger partial charge in [0.2, 0.25) is 11.8 Å². The van der Waals surface area contributed by atoms with Gasteiger partial charge in [0.15, 0.2) is 0 Å². The summed E-state index contributed by atoms with van der Waals surface area (Å²) in [5.74, 6) is -2.11. The summed E-state index contributed by atoms with van der Waals surface area (Å²) in [5.41, 5.74) is 4.06. The number of amides is 2. The van der Waals surface area contributed by atoms with Gasteiger partial charge in [-0.1, -0.05) is 66.7 Å². The molecule has 0 radical (unpaired) electrons. The molecular weight excluding hydrogens is 386 g/mol. The molecule has 2 bridgehead atoms. The lowest BCUT2D eigenvalue weighted by Crippen LogP contribution is -2.57. The highest BCUT2D eigenvalue weighted by molar-refractivity contribution is 6.25. The number of para-hydroxylation sites is 1. The van der Waals surface area contributed by atoms with Crippen LogP contribution in [0.4, 0.5) is 5.69 Å². The van der Waals surface area contributed by atoms with Gasteiger partial charge in [-0.25, -0.2) is 4.90 Å². The molecule has 1 heterocycles. The number of imide groups is 1. The zero-order chi connectivity index (χ0) is 21.5. The number of carbonyl (C=O) groups excluding carboxylic acids is 3. The number of ketones is 1. The maximum atomic E-state index is 14.0. The van der Waals surface area contributed by atoms with Gasteiger partial charge in [-0.05, 0) is 47.7 Å². The predicted molar refractivity (Wildman–Crippen MR) is 117 cm³/mol. The minimum atomic E-state index is -1.14. The van der Waals surface area contributed by atoms with E-state index in [2.05, 4.69) is 0 Å². The van der Waals surface area contributed by atoms with Crippen LogP contribution in [-0.2, 0) is 19.8 Å². The molecule has 4 nitrogen and oxygen atoms in total. The van der Waals surface area contributed by atoms with Crippen LogP contribution >= 0.6 is 0 Å². The Bertz CT molecular complexity index is 1260. The third-order valence-corrected chi connectivity index (χ3v) is 7.53. The molecule has 3 aliphatic carbocycles. The van der Waals surface area contributed by atoms with E-state index in [1.165, 1.54) is 4.90 Å². The minimum absolute atomic E-state index is 0.0895. The van der Waals surface area contributed by atoms with E-state index in [0.717, 1.165) is 27.8 Å². The normalized spacial score (nSPS) is 27.7. The fourth-order valence-corrected chi connectivity index (χ4v) is 6.42. The van der Waals surface area contributed by atoms with E-state index >= 15 is 0 Å². The molecule has 7 rings (SSSR count). The Balaban J connectivity index is 1.69. The maximum absolute atomic E-state index is 14.0. The molecule has 152 valence electrons. The van der Waals surface area contributed by atoms with Crippen molar-refractivity contribution in [3.05, 3.63) is 101 Å². The first kappa shape index (κ1) is 18.3. The summed E-state index contributed by atoms with van der Waals surface area (Å²) in [6.45, 7) is 3.46. The minimum Gasteiger partial charge on any atom is -0.299 e. The van der Waals surface area contributed by atoms with E-state index in [-0.39, 0.29) is 23.5 Å². The third kappa shape index (κ3) is 1.98. The van der Waals surface area contributed by atoms with Crippen LogP contribution in [-0.4, -0.2) is 17.6 Å². The van der Waals surface area contributed by atoms with Crippen molar-refractivity contribution in [1.29, 1.82) is 0 Å². The van der Waals surface area contributed by atoms with E-state index in [0.29, 0.717) is 5.69 Å². The average molecular weight is 407 g/mol. The van der Waals surface area contributed by atoms with Gasteiger partial charge in [-0.15, -0.1) is 0 Å². The molecule has 2 amide bonds. The van der Waals surface area contributed by atoms with E-state index in [1.807, 2.05) is 79.7 Å². The molecule has 3 aromatic carbocycles. The zero-order valence-electron chi connectivity index (χ0n) is 17.3. The highest BCUT2D eigenvalue weighted by atomic mass is 16.2. The standard InChI is InChI=1S/C27H21NO3/c1-15-9-3-8-14-21(15)28-25(30)23-22-17-10-4-6-12-19(17)27(16(2)29,24(23)26(28)31)20-13-7-5-11-18(20)22/h3-14,22-24H,1-2H3/t22?,23-,24-,27?/m1/s1. The second-order valence-corrected chi connectivity index (χ2v) is 8.82. The van der Waals surface area contributed by atoms with Crippen LogP contribution in [0.5, 0.6) is 0 Å². The Kier molecular flexibility index (Phi) is 3.54. The lowest BCUT2D eigenvalue weighted by molar-refractivity contribution is -0.132. The van der Waals surface area contributed by atoms with Gasteiger partial charge in [0.05, 0.1) is 22.9 Å². The maximum Gasteiger partial charge on any atom is 0.239 e. The molecule has 4 aliphatic rings. The van der Waals surface area contributed by atoms with E-state index in [9.17, 15) is 14.4 Å². The fraction of sp³-hybridized carbons (Fsp3) is 0.222. The van der Waals surface area contributed by atoms with Gasteiger partial charge in [-0.2, -0.15) is 0 Å². The Morgan fingerprint density at radius 3 is 1.94 bits per heavy atom. The first-order chi connectivity index (χ1) is 15.0. The molecule has 0 aromatic heterocycles. The third-order valence-electron chi connectivity index (χ3n) is 7.53. The molecule has 0 unspecified atom stereocenters. The fourth-order valence-electron chi connectivity index (χ4n) is 6.42. The van der Waals surface area contributed by atoms with Crippen molar-refractivity contribution < 1.29 is 14.4 Å². The molecular formula is C27H21NO3. The summed E-state index contributed by atoms with van der Waals surface area (Å²) in [5, 5.41) is 0. The predicted octanol–water partition coefficient (Wildman–Crippen LogP) is 4.13. The molecule has 0 spiro atoms. The molecule has 0 N–H and O–H groups in total. The number of aryl methyl sites for hydroxylation is 1. The molecule has 3 aromatic rings. The van der Waals surface area contributed by atoms with Crippen LogP contribution in [0.3, 0.4) is 0 Å². The van der Waals surface area contributed by atoms with Gasteiger partial charge in [0, 0.05) is 5.92 Å². The lowest BCUT2D eigenvalue weighted by atomic mass is 9.46. The number of benzene rings is 3. The van der Waals surface area contributed by atoms with E-state index in [4.69, 9.17) is 0 Å². The number of hydrogen-bond acceptors (Lipinski definition) is 3. The van der Waals surface area contributed by atoms with Crippen molar-refractivity contribution in [2.75, 3.05) is 4.90 Å². The second kappa shape index (κ2) is 6.01. The van der Waals surface area contributed by atoms with Crippen molar-refractivity contribution in [2.45, 2.75) is 25.2 Å². The Hall–Kier alpha value is -3.53. The van der Waals surface area contributed by atoms with Crippen LogP contribution in [0.15, 0.2) is 72.8 Å². The van der Waals surface area contributed by atoms with Crippen molar-refractivity contribution in [3.63, 3.8) is 0 Å². The quantitative estimate of drug-likeness (QED) is 0.600. The molecule has 4 heteroatoms. The number of carbonyl (C=O) groups is 3. The second-order valence-electron chi connectivity index (χ2n) is 8.82. The molecule has 1 saturated heterocycles. The van der Waals surface area contributed by atoms with Crippen molar-refractivity contribution in [2.24, 2.45) is 11.8 Å². The van der Waals surface area contributed by atoms with Gasteiger partial charge in [-0.3, -0.25) is 14.4 Å². The molecule has 1 aliphatic heterocycles. The van der Waals surface area contributed by atoms with Crippen LogP contribution < -0.4 is 4.90 Å². The van der Waals surface area contributed by atoms with E-state index < -0.39 is 17.3 Å². The highest BCUT2D eigenvalue weighted by Crippen LogP contribution is 2.64. The van der Waals surface area contributed by atoms with Crippen LogP contribution in [0.25, 0.3) is 0 Å².